The van der Waals surface area contributed by atoms with Crippen LogP contribution >= 0.6 is 0 Å². The number of β-amino-alcohol motifs (C(OH)–C–C–N with tert-alkyl or cyclic N) is 1. The molecule has 7 nitrogen and oxygen atoms in total. The molecule has 1 amide bonds. The fourth-order valence-electron chi connectivity index (χ4n) is 5.51. The standard InChI is InChI=1S/C31H39NO6Si/c1-22(33)32-20-28(34)29(35)30(27(32)21-37-24-18-16-23(36-5)17-19-24)38-39(31(2,3)4,25-12-8-6-9-13-25)26-14-10-7-11-15-26/h6-19,27-30,34-35H,20-21H2,1-5H3/t27-,28-,29-,30-/m1/s1. The molecule has 39 heavy (non-hydrogen) atoms. The number of aliphatic hydroxyl groups excluding tert-OH is 2. The highest BCUT2D eigenvalue weighted by atomic mass is 28.4. The molecule has 0 spiro atoms. The van der Waals surface area contributed by atoms with Gasteiger partial charge in [0, 0.05) is 13.5 Å². The van der Waals surface area contributed by atoms with Gasteiger partial charge in [-0.15, -0.1) is 0 Å². The molecule has 1 aliphatic rings. The molecule has 3 aromatic carbocycles. The minimum Gasteiger partial charge on any atom is -0.497 e. The van der Waals surface area contributed by atoms with Crippen LogP contribution in [0.2, 0.25) is 5.04 Å². The van der Waals surface area contributed by atoms with Crippen LogP contribution in [0.3, 0.4) is 0 Å². The summed E-state index contributed by atoms with van der Waals surface area (Å²) in [6.07, 6.45) is -3.27. The maximum Gasteiger partial charge on any atom is 0.261 e. The van der Waals surface area contributed by atoms with Gasteiger partial charge in [0.15, 0.2) is 0 Å². The first kappa shape index (κ1) is 28.8. The maximum atomic E-state index is 12.8. The molecule has 8 heteroatoms. The van der Waals surface area contributed by atoms with Crippen molar-refractivity contribution < 1.29 is 28.9 Å². The van der Waals surface area contributed by atoms with Crippen molar-refractivity contribution in [3.63, 3.8) is 0 Å². The third kappa shape index (κ3) is 5.89. The highest BCUT2D eigenvalue weighted by molar-refractivity contribution is 6.99. The van der Waals surface area contributed by atoms with Gasteiger partial charge in [-0.05, 0) is 39.7 Å². The first-order valence-electron chi connectivity index (χ1n) is 13.3. The van der Waals surface area contributed by atoms with Crippen LogP contribution in [0.15, 0.2) is 84.9 Å². The van der Waals surface area contributed by atoms with E-state index < -0.39 is 32.7 Å². The van der Waals surface area contributed by atoms with Gasteiger partial charge in [-0.1, -0.05) is 81.4 Å². The lowest BCUT2D eigenvalue weighted by molar-refractivity contribution is -0.160. The molecule has 0 saturated carbocycles. The summed E-state index contributed by atoms with van der Waals surface area (Å²) in [6.45, 7) is 7.99. The minimum atomic E-state index is -3.12. The van der Waals surface area contributed by atoms with E-state index in [0.29, 0.717) is 11.5 Å². The quantitative estimate of drug-likeness (QED) is 0.420. The molecule has 4 atom stereocenters. The number of piperidine rings is 1. The van der Waals surface area contributed by atoms with Crippen LogP contribution in [0, 0.1) is 0 Å². The van der Waals surface area contributed by atoms with Gasteiger partial charge in [0.25, 0.3) is 8.32 Å². The number of hydrogen-bond acceptors (Lipinski definition) is 6. The van der Waals surface area contributed by atoms with Crippen LogP contribution in [-0.2, 0) is 9.22 Å². The number of nitrogens with zero attached hydrogens (tertiary/aromatic N) is 1. The second-order valence-electron chi connectivity index (χ2n) is 11.0. The fourth-order valence-corrected chi connectivity index (χ4v) is 10.2. The molecule has 1 aliphatic heterocycles. The van der Waals surface area contributed by atoms with E-state index >= 15 is 0 Å². The average molecular weight is 550 g/mol. The van der Waals surface area contributed by atoms with Gasteiger partial charge < -0.3 is 29.0 Å². The Balaban J connectivity index is 1.80. The first-order valence-corrected chi connectivity index (χ1v) is 15.2. The first-order chi connectivity index (χ1) is 18.6. The highest BCUT2D eigenvalue weighted by Crippen LogP contribution is 2.39. The van der Waals surface area contributed by atoms with Crippen molar-refractivity contribution in [1.29, 1.82) is 0 Å². The van der Waals surface area contributed by atoms with Gasteiger partial charge in [0.05, 0.1) is 19.3 Å². The lowest BCUT2D eigenvalue weighted by atomic mass is 9.94. The molecule has 4 rings (SSSR count). The van der Waals surface area contributed by atoms with Crippen LogP contribution in [0.4, 0.5) is 0 Å². The van der Waals surface area contributed by atoms with Crippen molar-refractivity contribution in [2.24, 2.45) is 0 Å². The van der Waals surface area contributed by atoms with Gasteiger partial charge in [-0.2, -0.15) is 0 Å². The molecule has 208 valence electrons. The van der Waals surface area contributed by atoms with Crippen LogP contribution in [-0.4, -0.2) is 74.0 Å². The van der Waals surface area contributed by atoms with E-state index in [4.69, 9.17) is 13.9 Å². The van der Waals surface area contributed by atoms with E-state index in [9.17, 15) is 15.0 Å². The molecule has 0 unspecified atom stereocenters. The number of hydrogen-bond donors (Lipinski definition) is 2. The predicted molar refractivity (Wildman–Crippen MR) is 154 cm³/mol. The molecule has 0 bridgehead atoms. The minimum absolute atomic E-state index is 0.00620. The highest BCUT2D eigenvalue weighted by Gasteiger charge is 2.55. The van der Waals surface area contributed by atoms with Crippen molar-refractivity contribution in [3.8, 4) is 11.5 Å². The van der Waals surface area contributed by atoms with Crippen molar-refractivity contribution in [1.82, 2.24) is 4.90 Å². The van der Waals surface area contributed by atoms with Crippen molar-refractivity contribution >= 4 is 24.6 Å². The number of carbonyl (C=O) groups excluding carboxylic acids is 1. The average Bonchev–Trinajstić information content (AvgIpc) is 2.93. The van der Waals surface area contributed by atoms with E-state index in [0.717, 1.165) is 10.4 Å². The monoisotopic (exact) mass is 549 g/mol. The molecular formula is C31H39NO6Si. The van der Waals surface area contributed by atoms with E-state index in [-0.39, 0.29) is 24.1 Å². The molecule has 0 aliphatic carbocycles. The fraction of sp³-hybridized carbons (Fsp3) is 0.387. The number of rotatable bonds is 8. The predicted octanol–water partition coefficient (Wildman–Crippen LogP) is 2.97. The number of benzene rings is 3. The summed E-state index contributed by atoms with van der Waals surface area (Å²) in [4.78, 5) is 14.4. The van der Waals surface area contributed by atoms with Crippen LogP contribution in [0.25, 0.3) is 0 Å². The SMILES string of the molecule is COc1ccc(OC[C@@H]2[C@@H](O[Si](c3ccccc3)(c3ccccc3)C(C)(C)C)[C@H](O)[C@H](O)CN2C(C)=O)cc1. The summed E-state index contributed by atoms with van der Waals surface area (Å²) in [7, 11) is -1.52. The van der Waals surface area contributed by atoms with E-state index in [2.05, 4.69) is 45.0 Å². The molecule has 1 fully saturated rings. The van der Waals surface area contributed by atoms with Gasteiger partial charge in [-0.3, -0.25) is 4.79 Å². The second-order valence-corrected chi connectivity index (χ2v) is 15.3. The number of amides is 1. The molecule has 1 saturated heterocycles. The van der Waals surface area contributed by atoms with E-state index in [1.54, 1.807) is 36.3 Å². The third-order valence-electron chi connectivity index (χ3n) is 7.51. The molecule has 3 aromatic rings. The lowest BCUT2D eigenvalue weighted by Crippen LogP contribution is -2.73. The number of aliphatic hydroxyl groups is 2. The summed E-state index contributed by atoms with van der Waals surface area (Å²) < 4.78 is 18.6. The topological polar surface area (TPSA) is 88.5 Å². The number of ether oxygens (including phenoxy) is 2. The van der Waals surface area contributed by atoms with Gasteiger partial charge in [-0.25, -0.2) is 0 Å². The number of carbonyl (C=O) groups is 1. The lowest BCUT2D eigenvalue weighted by Gasteiger charge is -2.51. The van der Waals surface area contributed by atoms with Crippen molar-refractivity contribution in [2.75, 3.05) is 20.3 Å². The largest absolute Gasteiger partial charge is 0.497 e. The Morgan fingerprint density at radius 2 is 1.41 bits per heavy atom. The zero-order valence-corrected chi connectivity index (χ0v) is 24.3. The van der Waals surface area contributed by atoms with Crippen molar-refractivity contribution in [3.05, 3.63) is 84.9 Å². The zero-order valence-electron chi connectivity index (χ0n) is 23.3. The Bertz CT molecular complexity index is 1180. The van der Waals surface area contributed by atoms with Crippen LogP contribution < -0.4 is 19.8 Å². The maximum absolute atomic E-state index is 12.8. The van der Waals surface area contributed by atoms with E-state index in [1.165, 1.54) is 6.92 Å². The Kier molecular flexibility index (Phi) is 8.81. The van der Waals surface area contributed by atoms with Crippen LogP contribution in [0.1, 0.15) is 27.7 Å². The smallest absolute Gasteiger partial charge is 0.261 e. The summed E-state index contributed by atoms with van der Waals surface area (Å²) >= 11 is 0. The summed E-state index contributed by atoms with van der Waals surface area (Å²) in [5.74, 6) is 1.08. The summed E-state index contributed by atoms with van der Waals surface area (Å²) in [5.41, 5.74) is 0. The Hall–Kier alpha value is -3.17. The molecule has 2 N–H and O–H groups in total. The van der Waals surface area contributed by atoms with Crippen molar-refractivity contribution in [2.45, 2.75) is 57.1 Å². The Morgan fingerprint density at radius 1 is 0.897 bits per heavy atom. The third-order valence-corrected chi connectivity index (χ3v) is 12.5. The Morgan fingerprint density at radius 3 is 1.87 bits per heavy atom. The van der Waals surface area contributed by atoms with Gasteiger partial charge >= 0.3 is 0 Å². The molecular weight excluding hydrogens is 510 g/mol. The number of likely N-dealkylation sites (tertiary alicyclic amines) is 1. The summed E-state index contributed by atoms with van der Waals surface area (Å²) in [6, 6.07) is 26.8. The van der Waals surface area contributed by atoms with Gasteiger partial charge in [0.2, 0.25) is 5.91 Å². The molecule has 1 heterocycles. The number of methoxy groups -OCH3 is 1. The van der Waals surface area contributed by atoms with Crippen LogP contribution in [0.5, 0.6) is 11.5 Å². The molecule has 0 radical (unpaired) electrons. The van der Waals surface area contributed by atoms with Gasteiger partial charge in [0.1, 0.15) is 30.3 Å². The summed E-state index contributed by atoms with van der Waals surface area (Å²) in [5, 5.41) is 24.1. The normalized spacial score (nSPS) is 21.9. The second kappa shape index (κ2) is 11.9. The molecule has 0 aromatic heterocycles. The zero-order chi connectivity index (χ0) is 28.2. The Labute approximate surface area is 232 Å². The van der Waals surface area contributed by atoms with E-state index in [1.807, 2.05) is 36.4 Å².